The molecule has 3 nitrogen and oxygen atoms in total. The molecule has 0 saturated heterocycles. The Morgan fingerprint density at radius 3 is 2.62 bits per heavy atom. The zero-order valence-corrected chi connectivity index (χ0v) is 10.4. The Balaban J connectivity index is 2.27. The first-order chi connectivity index (χ1) is 7.63. The minimum absolute atomic E-state index is 0.187. The second kappa shape index (κ2) is 6.71. The van der Waals surface area contributed by atoms with E-state index in [9.17, 15) is 5.11 Å². The zero-order valence-electron chi connectivity index (χ0n) is 10.4. The maximum absolute atomic E-state index is 9.22. The fourth-order valence-electron chi connectivity index (χ4n) is 1.72. The molecule has 0 amide bonds. The van der Waals surface area contributed by atoms with Gasteiger partial charge in [0.1, 0.15) is 5.76 Å². The third kappa shape index (κ3) is 4.37. The normalized spacial score (nSPS) is 15.3. The molecule has 2 N–H and O–H groups in total. The molecular formula is C13H23NO2. The zero-order chi connectivity index (χ0) is 12.0. The van der Waals surface area contributed by atoms with Crippen molar-refractivity contribution in [3.05, 3.63) is 24.2 Å². The van der Waals surface area contributed by atoms with E-state index in [1.54, 1.807) is 6.26 Å². The third-order valence-corrected chi connectivity index (χ3v) is 2.90. The van der Waals surface area contributed by atoms with Crippen molar-refractivity contribution >= 4 is 0 Å². The fourth-order valence-corrected chi connectivity index (χ4v) is 1.72. The lowest BCUT2D eigenvalue weighted by Gasteiger charge is -2.24. The summed E-state index contributed by atoms with van der Waals surface area (Å²) in [4.78, 5) is 0. The topological polar surface area (TPSA) is 45.4 Å². The Hall–Kier alpha value is -0.800. The lowest BCUT2D eigenvalue weighted by molar-refractivity contribution is 0.199. The molecule has 2 unspecified atom stereocenters. The van der Waals surface area contributed by atoms with Gasteiger partial charge in [-0.05, 0) is 31.4 Å². The maximum atomic E-state index is 9.22. The van der Waals surface area contributed by atoms with Gasteiger partial charge in [0.15, 0.2) is 0 Å². The average molecular weight is 225 g/mol. The van der Waals surface area contributed by atoms with Crippen LogP contribution in [-0.4, -0.2) is 23.8 Å². The Labute approximate surface area is 97.9 Å². The van der Waals surface area contributed by atoms with Crippen LogP contribution in [-0.2, 0) is 6.42 Å². The fraction of sp³-hybridized carbons (Fsp3) is 0.692. The van der Waals surface area contributed by atoms with Crippen LogP contribution in [0.2, 0.25) is 0 Å². The van der Waals surface area contributed by atoms with Crippen LogP contribution in [0.15, 0.2) is 22.8 Å². The van der Waals surface area contributed by atoms with Crippen LogP contribution in [0.4, 0.5) is 0 Å². The standard InChI is InChI=1S/C13H23NO2/c1-10(2)13(9-15)14-11(3)6-7-12-5-4-8-16-12/h4-5,8,10-11,13-15H,6-7,9H2,1-3H3. The van der Waals surface area contributed by atoms with Crippen LogP contribution in [0.3, 0.4) is 0 Å². The summed E-state index contributed by atoms with van der Waals surface area (Å²) in [6, 6.07) is 4.49. The highest BCUT2D eigenvalue weighted by atomic mass is 16.3. The van der Waals surface area contributed by atoms with E-state index in [4.69, 9.17) is 4.42 Å². The molecule has 0 saturated carbocycles. The molecule has 0 spiro atoms. The van der Waals surface area contributed by atoms with Gasteiger partial charge in [0.05, 0.1) is 12.9 Å². The Kier molecular flexibility index (Phi) is 5.56. The van der Waals surface area contributed by atoms with Gasteiger partial charge in [-0.2, -0.15) is 0 Å². The number of rotatable bonds is 7. The van der Waals surface area contributed by atoms with Gasteiger partial charge in [-0.3, -0.25) is 0 Å². The van der Waals surface area contributed by atoms with Crippen molar-refractivity contribution in [1.29, 1.82) is 0 Å². The smallest absolute Gasteiger partial charge is 0.103 e. The number of hydrogen-bond acceptors (Lipinski definition) is 3. The van der Waals surface area contributed by atoms with E-state index in [-0.39, 0.29) is 12.6 Å². The van der Waals surface area contributed by atoms with E-state index in [1.165, 1.54) is 0 Å². The Morgan fingerprint density at radius 2 is 2.12 bits per heavy atom. The Morgan fingerprint density at radius 1 is 1.38 bits per heavy atom. The summed E-state index contributed by atoms with van der Waals surface area (Å²) in [5, 5.41) is 12.7. The van der Waals surface area contributed by atoms with Crippen LogP contribution in [0.1, 0.15) is 33.0 Å². The van der Waals surface area contributed by atoms with E-state index >= 15 is 0 Å². The lowest BCUT2D eigenvalue weighted by atomic mass is 10.0. The van der Waals surface area contributed by atoms with Crippen LogP contribution in [0, 0.1) is 5.92 Å². The summed E-state index contributed by atoms with van der Waals surface area (Å²) >= 11 is 0. The number of aryl methyl sites for hydroxylation is 1. The van der Waals surface area contributed by atoms with Gasteiger partial charge in [-0.15, -0.1) is 0 Å². The molecule has 0 aromatic carbocycles. The van der Waals surface area contributed by atoms with Gasteiger partial charge in [0, 0.05) is 18.5 Å². The lowest BCUT2D eigenvalue weighted by Crippen LogP contribution is -2.42. The first-order valence-electron chi connectivity index (χ1n) is 6.02. The van der Waals surface area contributed by atoms with Crippen molar-refractivity contribution in [2.24, 2.45) is 5.92 Å². The van der Waals surface area contributed by atoms with Gasteiger partial charge >= 0.3 is 0 Å². The molecule has 0 fully saturated rings. The predicted octanol–water partition coefficient (Wildman–Crippen LogP) is 2.21. The van der Waals surface area contributed by atoms with Gasteiger partial charge in [-0.1, -0.05) is 13.8 Å². The molecule has 2 atom stereocenters. The summed E-state index contributed by atoms with van der Waals surface area (Å²) in [5.74, 6) is 1.48. The summed E-state index contributed by atoms with van der Waals surface area (Å²) in [6.07, 6.45) is 3.67. The van der Waals surface area contributed by atoms with Crippen molar-refractivity contribution in [1.82, 2.24) is 5.32 Å². The summed E-state index contributed by atoms with van der Waals surface area (Å²) in [5.41, 5.74) is 0. The predicted molar refractivity (Wildman–Crippen MR) is 65.3 cm³/mol. The molecule has 0 bridgehead atoms. The van der Waals surface area contributed by atoms with Crippen LogP contribution in [0.25, 0.3) is 0 Å². The SMILES string of the molecule is CC(CCc1ccco1)NC(CO)C(C)C. The van der Waals surface area contributed by atoms with E-state index < -0.39 is 0 Å². The highest BCUT2D eigenvalue weighted by Gasteiger charge is 2.14. The number of hydrogen-bond donors (Lipinski definition) is 2. The van der Waals surface area contributed by atoms with Crippen LogP contribution >= 0.6 is 0 Å². The van der Waals surface area contributed by atoms with Gasteiger partial charge in [-0.25, -0.2) is 0 Å². The molecule has 1 heterocycles. The first kappa shape index (κ1) is 13.3. The van der Waals surface area contributed by atoms with Crippen molar-refractivity contribution in [3.8, 4) is 0 Å². The van der Waals surface area contributed by atoms with Crippen molar-refractivity contribution < 1.29 is 9.52 Å². The molecule has 1 rings (SSSR count). The van der Waals surface area contributed by atoms with E-state index in [0.717, 1.165) is 18.6 Å². The van der Waals surface area contributed by atoms with Crippen LogP contribution < -0.4 is 5.32 Å². The van der Waals surface area contributed by atoms with Crippen molar-refractivity contribution in [2.75, 3.05) is 6.61 Å². The number of aliphatic hydroxyl groups excluding tert-OH is 1. The molecule has 92 valence electrons. The summed E-state index contributed by atoms with van der Waals surface area (Å²) < 4.78 is 5.29. The minimum atomic E-state index is 0.187. The summed E-state index contributed by atoms with van der Waals surface area (Å²) in [6.45, 7) is 6.58. The molecule has 1 aromatic heterocycles. The largest absolute Gasteiger partial charge is 0.469 e. The second-order valence-electron chi connectivity index (χ2n) is 4.72. The second-order valence-corrected chi connectivity index (χ2v) is 4.72. The minimum Gasteiger partial charge on any atom is -0.469 e. The number of nitrogens with one attached hydrogen (secondary N) is 1. The molecule has 0 radical (unpaired) electrons. The quantitative estimate of drug-likeness (QED) is 0.748. The number of furan rings is 1. The average Bonchev–Trinajstić information content (AvgIpc) is 2.75. The highest BCUT2D eigenvalue weighted by Crippen LogP contribution is 2.08. The van der Waals surface area contributed by atoms with Crippen molar-refractivity contribution in [2.45, 2.75) is 45.7 Å². The molecule has 0 aliphatic carbocycles. The molecule has 0 aliphatic heterocycles. The molecule has 0 aliphatic rings. The molecule has 16 heavy (non-hydrogen) atoms. The van der Waals surface area contributed by atoms with E-state index in [1.807, 2.05) is 12.1 Å². The first-order valence-corrected chi connectivity index (χ1v) is 6.02. The maximum Gasteiger partial charge on any atom is 0.103 e. The Bertz CT molecular complexity index is 269. The monoisotopic (exact) mass is 225 g/mol. The number of aliphatic hydroxyl groups is 1. The van der Waals surface area contributed by atoms with Gasteiger partial charge in [0.25, 0.3) is 0 Å². The third-order valence-electron chi connectivity index (χ3n) is 2.90. The van der Waals surface area contributed by atoms with Gasteiger partial charge in [0.2, 0.25) is 0 Å². The summed E-state index contributed by atoms with van der Waals surface area (Å²) in [7, 11) is 0. The van der Waals surface area contributed by atoms with Crippen molar-refractivity contribution in [3.63, 3.8) is 0 Å². The molecule has 1 aromatic rings. The molecule has 3 heteroatoms. The van der Waals surface area contributed by atoms with Crippen LogP contribution in [0.5, 0.6) is 0 Å². The van der Waals surface area contributed by atoms with Gasteiger partial charge < -0.3 is 14.8 Å². The van der Waals surface area contributed by atoms with E-state index in [0.29, 0.717) is 12.0 Å². The van der Waals surface area contributed by atoms with E-state index in [2.05, 4.69) is 26.1 Å². The highest BCUT2D eigenvalue weighted by molar-refractivity contribution is 4.98. The molecular weight excluding hydrogens is 202 g/mol.